The third kappa shape index (κ3) is 9.89. The minimum absolute atomic E-state index is 0.0406. The monoisotopic (exact) mass is 411 g/mol. The van der Waals surface area contributed by atoms with Gasteiger partial charge in [0.15, 0.2) is 0 Å². The van der Waals surface area contributed by atoms with E-state index in [0.717, 1.165) is 5.70 Å². The molecule has 0 aromatic rings. The highest BCUT2D eigenvalue weighted by atomic mass is 16.5. The molecule has 0 aliphatic carbocycles. The fraction of sp³-hybridized carbons (Fsp3) is 0.762. The number of amides is 3. The maximum absolute atomic E-state index is 12.1. The molecule has 166 valence electrons. The van der Waals surface area contributed by atoms with E-state index in [4.69, 9.17) is 9.47 Å². The van der Waals surface area contributed by atoms with E-state index in [2.05, 4.69) is 31.1 Å². The number of allylic oxidation sites excluding steroid dienone is 1. The zero-order valence-corrected chi connectivity index (χ0v) is 18.3. The van der Waals surface area contributed by atoms with Gasteiger partial charge >= 0.3 is 0 Å². The topological polar surface area (TPSA) is 97.0 Å². The Labute approximate surface area is 174 Å². The molecule has 0 spiro atoms. The Morgan fingerprint density at radius 2 is 1.69 bits per heavy atom. The molecule has 0 saturated carbocycles. The van der Waals surface area contributed by atoms with E-state index in [0.29, 0.717) is 51.8 Å². The van der Waals surface area contributed by atoms with Crippen LogP contribution in [-0.4, -0.2) is 68.2 Å². The van der Waals surface area contributed by atoms with Crippen molar-refractivity contribution in [2.45, 2.75) is 53.1 Å². The highest BCUT2D eigenvalue weighted by Gasteiger charge is 2.35. The normalized spacial score (nSPS) is 16.8. The lowest BCUT2D eigenvalue weighted by molar-refractivity contribution is -0.128. The van der Waals surface area contributed by atoms with Crippen molar-refractivity contribution in [2.75, 3.05) is 39.5 Å². The average molecular weight is 412 g/mol. The van der Waals surface area contributed by atoms with Gasteiger partial charge in [-0.25, -0.2) is 0 Å². The molecule has 8 heteroatoms. The number of carbonyl (C=O) groups is 3. The minimum atomic E-state index is -0.134. The molecule has 1 fully saturated rings. The lowest BCUT2D eigenvalue weighted by Gasteiger charge is -2.21. The Balaban J connectivity index is 2.05. The summed E-state index contributed by atoms with van der Waals surface area (Å²) in [6.07, 6.45) is 1.13. The molecule has 1 heterocycles. The first-order chi connectivity index (χ1) is 13.7. The minimum Gasteiger partial charge on any atom is -0.379 e. The third-order valence-electron chi connectivity index (χ3n) is 4.75. The Hall–Kier alpha value is -1.93. The first-order valence-electron chi connectivity index (χ1n) is 10.4. The molecule has 1 atom stereocenters. The SMILES string of the molecule is C=C1C(C(C)C)CC(=O)N1CCC(=O)NCCOCCC(=O)NCCOC(C)C. The molecular formula is C21H37N3O5. The summed E-state index contributed by atoms with van der Waals surface area (Å²) < 4.78 is 10.7. The number of likely N-dealkylation sites (tertiary alicyclic amines) is 1. The lowest BCUT2D eigenvalue weighted by Crippen LogP contribution is -2.33. The summed E-state index contributed by atoms with van der Waals surface area (Å²) in [5, 5.41) is 5.52. The Morgan fingerprint density at radius 3 is 2.28 bits per heavy atom. The molecule has 1 rings (SSSR count). The van der Waals surface area contributed by atoms with Crippen LogP contribution in [0.3, 0.4) is 0 Å². The van der Waals surface area contributed by atoms with Crippen molar-refractivity contribution in [3.05, 3.63) is 12.3 Å². The van der Waals surface area contributed by atoms with Gasteiger partial charge in [-0.05, 0) is 19.8 Å². The van der Waals surface area contributed by atoms with Crippen molar-refractivity contribution in [3.8, 4) is 0 Å². The summed E-state index contributed by atoms with van der Waals surface area (Å²) in [6.45, 7) is 14.4. The van der Waals surface area contributed by atoms with Gasteiger partial charge in [0, 0.05) is 50.5 Å². The second-order valence-corrected chi connectivity index (χ2v) is 7.82. The largest absolute Gasteiger partial charge is 0.379 e. The van der Waals surface area contributed by atoms with E-state index in [1.807, 2.05) is 13.8 Å². The van der Waals surface area contributed by atoms with Crippen LogP contribution < -0.4 is 10.6 Å². The quantitative estimate of drug-likeness (QED) is 0.422. The van der Waals surface area contributed by atoms with Crippen molar-refractivity contribution in [2.24, 2.45) is 11.8 Å². The summed E-state index contributed by atoms with van der Waals surface area (Å²) in [5.41, 5.74) is 0.815. The highest BCUT2D eigenvalue weighted by molar-refractivity contribution is 5.83. The fourth-order valence-electron chi connectivity index (χ4n) is 3.07. The number of carbonyl (C=O) groups excluding carboxylic acids is 3. The van der Waals surface area contributed by atoms with Gasteiger partial charge in [-0.3, -0.25) is 14.4 Å². The number of nitrogens with zero attached hydrogens (tertiary/aromatic N) is 1. The van der Waals surface area contributed by atoms with Gasteiger partial charge in [0.1, 0.15) is 0 Å². The van der Waals surface area contributed by atoms with Crippen LogP contribution >= 0.6 is 0 Å². The molecule has 0 aromatic carbocycles. The van der Waals surface area contributed by atoms with Crippen LogP contribution in [0.15, 0.2) is 12.3 Å². The first kappa shape index (κ1) is 25.1. The number of hydrogen-bond acceptors (Lipinski definition) is 5. The Kier molecular flexibility index (Phi) is 11.5. The molecule has 0 radical (unpaired) electrons. The second kappa shape index (κ2) is 13.3. The predicted octanol–water partition coefficient (Wildman–Crippen LogP) is 1.46. The molecule has 8 nitrogen and oxygen atoms in total. The molecule has 1 unspecified atom stereocenters. The Morgan fingerprint density at radius 1 is 1.07 bits per heavy atom. The van der Waals surface area contributed by atoms with E-state index in [9.17, 15) is 14.4 Å². The van der Waals surface area contributed by atoms with Gasteiger partial charge < -0.3 is 25.0 Å². The zero-order chi connectivity index (χ0) is 21.8. The van der Waals surface area contributed by atoms with E-state index in [1.165, 1.54) is 0 Å². The maximum Gasteiger partial charge on any atom is 0.227 e. The summed E-state index contributed by atoms with van der Waals surface area (Å²) in [6, 6.07) is 0. The van der Waals surface area contributed by atoms with Gasteiger partial charge in [-0.15, -0.1) is 0 Å². The molecule has 0 aromatic heterocycles. The first-order valence-corrected chi connectivity index (χ1v) is 10.4. The van der Waals surface area contributed by atoms with Crippen molar-refractivity contribution in [1.82, 2.24) is 15.5 Å². The highest BCUT2D eigenvalue weighted by Crippen LogP contribution is 2.33. The second-order valence-electron chi connectivity index (χ2n) is 7.82. The van der Waals surface area contributed by atoms with E-state index in [-0.39, 0.29) is 42.6 Å². The molecule has 29 heavy (non-hydrogen) atoms. The average Bonchev–Trinajstić information content (AvgIpc) is 2.94. The maximum atomic E-state index is 12.1. The van der Waals surface area contributed by atoms with Crippen molar-refractivity contribution < 1.29 is 23.9 Å². The van der Waals surface area contributed by atoms with Crippen LogP contribution in [-0.2, 0) is 23.9 Å². The predicted molar refractivity (Wildman–Crippen MR) is 111 cm³/mol. The van der Waals surface area contributed by atoms with E-state index in [1.54, 1.807) is 4.90 Å². The molecule has 1 saturated heterocycles. The van der Waals surface area contributed by atoms with Gasteiger partial charge in [-0.1, -0.05) is 20.4 Å². The number of nitrogens with one attached hydrogen (secondary N) is 2. The number of rotatable bonds is 14. The van der Waals surface area contributed by atoms with Crippen LogP contribution in [0.4, 0.5) is 0 Å². The van der Waals surface area contributed by atoms with E-state index >= 15 is 0 Å². The van der Waals surface area contributed by atoms with Crippen LogP contribution in [0.2, 0.25) is 0 Å². The summed E-state index contributed by atoms with van der Waals surface area (Å²) in [7, 11) is 0. The molecular weight excluding hydrogens is 374 g/mol. The molecule has 2 N–H and O–H groups in total. The van der Waals surface area contributed by atoms with Gasteiger partial charge in [0.05, 0.1) is 25.9 Å². The molecule has 0 bridgehead atoms. The smallest absolute Gasteiger partial charge is 0.227 e. The van der Waals surface area contributed by atoms with Gasteiger partial charge in [0.25, 0.3) is 0 Å². The molecule has 1 aliphatic heterocycles. The van der Waals surface area contributed by atoms with Gasteiger partial charge in [-0.2, -0.15) is 0 Å². The zero-order valence-electron chi connectivity index (χ0n) is 18.3. The third-order valence-corrected chi connectivity index (χ3v) is 4.75. The van der Waals surface area contributed by atoms with Crippen molar-refractivity contribution >= 4 is 17.7 Å². The summed E-state index contributed by atoms with van der Waals surface area (Å²) in [4.78, 5) is 37.3. The number of ether oxygens (including phenoxy) is 2. The van der Waals surface area contributed by atoms with Crippen LogP contribution in [0.5, 0.6) is 0 Å². The number of hydrogen-bond donors (Lipinski definition) is 2. The fourth-order valence-corrected chi connectivity index (χ4v) is 3.07. The van der Waals surface area contributed by atoms with E-state index < -0.39 is 0 Å². The summed E-state index contributed by atoms with van der Waals surface area (Å²) >= 11 is 0. The van der Waals surface area contributed by atoms with Crippen molar-refractivity contribution in [3.63, 3.8) is 0 Å². The standard InChI is InChI=1S/C21H37N3O5/c1-15(2)18-14-21(27)24(17(18)5)10-6-19(25)22-8-12-28-11-7-20(26)23-9-13-29-16(3)4/h15-16,18H,5-14H2,1-4H3,(H,22,25)(H,23,26). The van der Waals surface area contributed by atoms with Crippen LogP contribution in [0.25, 0.3) is 0 Å². The molecule has 3 amide bonds. The van der Waals surface area contributed by atoms with Crippen LogP contribution in [0, 0.1) is 11.8 Å². The molecule has 1 aliphatic rings. The van der Waals surface area contributed by atoms with Crippen LogP contribution in [0.1, 0.15) is 47.0 Å². The lowest BCUT2D eigenvalue weighted by atomic mass is 9.93. The van der Waals surface area contributed by atoms with Gasteiger partial charge in [0.2, 0.25) is 17.7 Å². The Bertz CT molecular complexity index is 563. The van der Waals surface area contributed by atoms with Crippen molar-refractivity contribution in [1.29, 1.82) is 0 Å². The summed E-state index contributed by atoms with van der Waals surface area (Å²) in [5.74, 6) is 0.345.